The third-order valence-electron chi connectivity index (χ3n) is 18.3. The Labute approximate surface area is 446 Å². The van der Waals surface area contributed by atoms with Gasteiger partial charge in [0.2, 0.25) is 41.4 Å². The molecule has 0 spiro atoms. The topological polar surface area (TPSA) is 238 Å². The number of amides is 7. The SMILES string of the molecule is CC(C)CCC[C@@H](C)[C@H]1CC[C@H]2[C@@H]3CC=C4C[C@@H](OC(=O)CNC(=O)[C@@H]5CCCN5C(=O)[C@H](CC(C)C)NC(=O)[C@H](CCC(N)=O)NC(=O)[C@H](C)NC(=O)[C@H](C)NC(=O)C5=CN(C)C=CC5)CC[C@]4(C)[C@H]3CC[C@]12C. The second-order valence-corrected chi connectivity index (χ2v) is 24.6. The zero-order chi connectivity index (χ0) is 54.9. The maximum Gasteiger partial charge on any atom is 0.325 e. The number of esters is 1. The average molecular weight is 1050 g/mol. The third-order valence-corrected chi connectivity index (χ3v) is 18.3. The predicted molar refractivity (Wildman–Crippen MR) is 287 cm³/mol. The minimum atomic E-state index is -1.32. The number of fused-ring (bicyclic) bond motifs is 5. The molecule has 418 valence electrons. The van der Waals surface area contributed by atoms with Gasteiger partial charge in [-0.3, -0.25) is 38.4 Å². The molecule has 0 aromatic rings. The highest BCUT2D eigenvalue weighted by Crippen LogP contribution is 2.67. The molecule has 6 rings (SSSR count). The van der Waals surface area contributed by atoms with Gasteiger partial charge in [-0.2, -0.15) is 0 Å². The Morgan fingerprint density at radius 1 is 0.787 bits per heavy atom. The summed E-state index contributed by atoms with van der Waals surface area (Å²) in [7, 11) is 1.78. The molecule has 3 saturated carbocycles. The zero-order valence-electron chi connectivity index (χ0n) is 46.9. The maximum atomic E-state index is 14.3. The fourth-order valence-electron chi connectivity index (χ4n) is 14.2. The molecule has 0 bridgehead atoms. The van der Waals surface area contributed by atoms with E-state index in [9.17, 15) is 38.4 Å². The van der Waals surface area contributed by atoms with Crippen LogP contribution in [0, 0.1) is 52.3 Å². The number of likely N-dealkylation sites (tertiary alicyclic amines) is 1. The number of ether oxygens (including phenoxy) is 1. The van der Waals surface area contributed by atoms with E-state index < -0.39 is 77.5 Å². The lowest BCUT2D eigenvalue weighted by atomic mass is 9.47. The lowest BCUT2D eigenvalue weighted by Crippen LogP contribution is -2.59. The molecule has 75 heavy (non-hydrogen) atoms. The third kappa shape index (κ3) is 14.6. The van der Waals surface area contributed by atoms with E-state index in [2.05, 4.69) is 67.3 Å². The zero-order valence-corrected chi connectivity index (χ0v) is 46.9. The average Bonchev–Trinajstić information content (AvgIpc) is 3.99. The molecule has 6 aliphatic rings. The van der Waals surface area contributed by atoms with Crippen LogP contribution < -0.4 is 32.3 Å². The van der Waals surface area contributed by atoms with Crippen molar-refractivity contribution < 1.29 is 43.1 Å². The van der Waals surface area contributed by atoms with Crippen molar-refractivity contribution >= 4 is 47.3 Å². The van der Waals surface area contributed by atoms with Crippen LogP contribution >= 0.6 is 0 Å². The normalized spacial score (nSPS) is 29.0. The van der Waals surface area contributed by atoms with E-state index in [0.29, 0.717) is 48.5 Å². The van der Waals surface area contributed by atoms with Gasteiger partial charge in [-0.15, -0.1) is 0 Å². The van der Waals surface area contributed by atoms with E-state index in [1.165, 1.54) is 69.3 Å². The lowest BCUT2D eigenvalue weighted by molar-refractivity contribution is -0.152. The van der Waals surface area contributed by atoms with E-state index in [4.69, 9.17) is 10.5 Å². The van der Waals surface area contributed by atoms with Crippen LogP contribution in [0.2, 0.25) is 0 Å². The largest absolute Gasteiger partial charge is 0.461 e. The number of nitrogens with zero attached hydrogens (tertiary/aromatic N) is 2. The van der Waals surface area contributed by atoms with Gasteiger partial charge in [-0.25, -0.2) is 0 Å². The fourth-order valence-corrected chi connectivity index (χ4v) is 14.2. The molecule has 0 radical (unpaired) electrons. The molecule has 2 heterocycles. The number of hydrogen-bond donors (Lipinski definition) is 6. The van der Waals surface area contributed by atoms with Gasteiger partial charge in [0.05, 0.1) is 0 Å². The van der Waals surface area contributed by atoms with Crippen molar-refractivity contribution in [1.82, 2.24) is 36.4 Å². The van der Waals surface area contributed by atoms with Crippen molar-refractivity contribution in [2.75, 3.05) is 20.1 Å². The van der Waals surface area contributed by atoms with Gasteiger partial charge in [0.1, 0.15) is 42.9 Å². The highest BCUT2D eigenvalue weighted by Gasteiger charge is 2.59. The molecule has 17 heteroatoms. The summed E-state index contributed by atoms with van der Waals surface area (Å²) >= 11 is 0. The number of hydrogen-bond acceptors (Lipinski definition) is 10. The minimum absolute atomic E-state index is 0.0768. The first kappa shape index (κ1) is 59.0. The summed E-state index contributed by atoms with van der Waals surface area (Å²) in [4.78, 5) is 110. The van der Waals surface area contributed by atoms with Crippen LogP contribution in [-0.4, -0.2) is 114 Å². The Balaban J connectivity index is 0.995. The van der Waals surface area contributed by atoms with Crippen molar-refractivity contribution in [3.63, 3.8) is 0 Å². The molecule has 7 amide bonds. The first-order chi connectivity index (χ1) is 35.4. The summed E-state index contributed by atoms with van der Waals surface area (Å²) in [6.07, 6.45) is 21.4. The van der Waals surface area contributed by atoms with Crippen LogP contribution in [0.3, 0.4) is 0 Å². The van der Waals surface area contributed by atoms with Gasteiger partial charge >= 0.3 is 5.97 Å². The van der Waals surface area contributed by atoms with Gasteiger partial charge in [-0.05, 0) is 149 Å². The molecule has 2 aliphatic heterocycles. The molecule has 13 atom stereocenters. The van der Waals surface area contributed by atoms with Crippen LogP contribution in [0.5, 0.6) is 0 Å². The second-order valence-electron chi connectivity index (χ2n) is 24.6. The number of nitrogens with two attached hydrogens (primary N) is 1. The van der Waals surface area contributed by atoms with Crippen molar-refractivity contribution in [1.29, 1.82) is 0 Å². The van der Waals surface area contributed by atoms with Crippen LogP contribution in [0.4, 0.5) is 0 Å². The first-order valence-corrected chi connectivity index (χ1v) is 28.5. The van der Waals surface area contributed by atoms with Crippen LogP contribution in [0.1, 0.15) is 171 Å². The summed E-state index contributed by atoms with van der Waals surface area (Å²) in [5, 5.41) is 13.3. The number of nitrogens with one attached hydrogen (secondary N) is 5. The van der Waals surface area contributed by atoms with Gasteiger partial charge < -0.3 is 46.9 Å². The molecular weight excluding hydrogens is 953 g/mol. The Kier molecular flexibility index (Phi) is 20.3. The summed E-state index contributed by atoms with van der Waals surface area (Å²) in [6.45, 7) is 18.9. The van der Waals surface area contributed by atoms with E-state index in [0.717, 1.165) is 42.9 Å². The molecule has 0 aromatic carbocycles. The van der Waals surface area contributed by atoms with Gasteiger partial charge in [0.25, 0.3) is 0 Å². The fraction of sp³-hybridized carbons (Fsp3) is 0.759. The van der Waals surface area contributed by atoms with Gasteiger partial charge in [0, 0.05) is 38.2 Å². The van der Waals surface area contributed by atoms with Crippen LogP contribution in [0.15, 0.2) is 35.7 Å². The molecule has 0 unspecified atom stereocenters. The highest BCUT2D eigenvalue weighted by atomic mass is 16.5. The lowest BCUT2D eigenvalue weighted by Gasteiger charge is -2.58. The van der Waals surface area contributed by atoms with Crippen molar-refractivity contribution in [2.45, 2.75) is 208 Å². The van der Waals surface area contributed by atoms with Gasteiger partial charge in [-0.1, -0.05) is 85.5 Å². The van der Waals surface area contributed by atoms with E-state index in [1.807, 2.05) is 26.1 Å². The van der Waals surface area contributed by atoms with Crippen molar-refractivity contribution in [3.05, 3.63) is 35.7 Å². The smallest absolute Gasteiger partial charge is 0.325 e. The van der Waals surface area contributed by atoms with Crippen molar-refractivity contribution in [2.24, 2.45) is 58.0 Å². The van der Waals surface area contributed by atoms with Crippen LogP contribution in [-0.2, 0) is 43.1 Å². The number of rotatable bonds is 23. The summed E-state index contributed by atoms with van der Waals surface area (Å²) < 4.78 is 6.05. The van der Waals surface area contributed by atoms with Crippen LogP contribution in [0.25, 0.3) is 0 Å². The second kappa shape index (κ2) is 25.7. The Morgan fingerprint density at radius 3 is 2.19 bits per heavy atom. The first-order valence-electron chi connectivity index (χ1n) is 28.5. The van der Waals surface area contributed by atoms with Crippen molar-refractivity contribution in [3.8, 4) is 0 Å². The predicted octanol–water partition coefficient (Wildman–Crippen LogP) is 6.07. The Bertz CT molecular complexity index is 2210. The molecule has 4 aliphatic carbocycles. The molecular formula is C58H92N8O9. The van der Waals surface area contributed by atoms with E-state index in [1.54, 1.807) is 18.1 Å². The molecule has 1 saturated heterocycles. The number of carbonyl (C=O) groups is 8. The highest BCUT2D eigenvalue weighted by molar-refractivity contribution is 5.99. The van der Waals surface area contributed by atoms with E-state index in [-0.39, 0.29) is 49.8 Å². The number of primary amides is 1. The number of allylic oxidation sites excluding steroid dienone is 2. The van der Waals surface area contributed by atoms with Gasteiger partial charge in [0.15, 0.2) is 0 Å². The molecule has 4 fully saturated rings. The Morgan fingerprint density at radius 2 is 1.49 bits per heavy atom. The summed E-state index contributed by atoms with van der Waals surface area (Å²) in [5.41, 5.74) is 7.84. The molecule has 17 nitrogen and oxygen atoms in total. The summed E-state index contributed by atoms with van der Waals surface area (Å²) in [5.74, 6) is -0.392. The Hall–Kier alpha value is -5.22. The maximum absolute atomic E-state index is 14.3. The summed E-state index contributed by atoms with van der Waals surface area (Å²) in [6, 6.07) is -5.46. The monoisotopic (exact) mass is 1040 g/mol. The molecule has 7 N–H and O–H groups in total. The minimum Gasteiger partial charge on any atom is -0.461 e. The quantitative estimate of drug-likeness (QED) is 0.0510. The standard InChI is InChI=1S/C58H92N8O9/c1-34(2)14-11-15-36(5)43-20-21-44-42-19-18-40-31-41(24-26-57(40,8)45(42)25-27-58(43,44)9)75-50(68)32-60-55(73)48-17-13-29-66(48)56(74)47(30-35(3)4)64-54(72)46(22-23-49(59)67)63-52(70)38(7)61-51(69)37(6)62-53(71)39-16-12-28-65(10)33-39/h12,18,28,33-38,41-48H,11,13-17,19-27,29-32H2,1-10H3,(H2,59,67)(H,60,73)(H,61,69)(H,62,71)(H,63,70)(H,64,72)/t36-,37+,38+,41+,42+,43-,44+,45+,46+,47+,48+,57+,58-/m1/s1. The molecule has 0 aromatic heterocycles. The van der Waals surface area contributed by atoms with E-state index >= 15 is 0 Å². The number of carbonyl (C=O) groups excluding carboxylic acids is 8.